The normalized spacial score (nSPS) is 22.1. The van der Waals surface area contributed by atoms with Crippen LogP contribution < -0.4 is 4.74 Å². The molecule has 0 heterocycles. The number of rotatable bonds is 13. The highest BCUT2D eigenvalue weighted by molar-refractivity contribution is 6.69. The number of aliphatic carboxylic acids is 1. The predicted molar refractivity (Wildman–Crippen MR) is 127 cm³/mol. The summed E-state index contributed by atoms with van der Waals surface area (Å²) in [4.78, 5) is 10.6. The van der Waals surface area contributed by atoms with Gasteiger partial charge in [0, 0.05) is 12.3 Å². The number of ether oxygens (including phenoxy) is 1. The Morgan fingerprint density at radius 3 is 2.56 bits per heavy atom. The fourth-order valence-corrected chi connectivity index (χ4v) is 4.60. The molecule has 32 heavy (non-hydrogen) atoms. The van der Waals surface area contributed by atoms with Gasteiger partial charge in [0.2, 0.25) is 0 Å². The van der Waals surface area contributed by atoms with Crippen molar-refractivity contribution in [2.75, 3.05) is 6.61 Å². The molecule has 176 valence electrons. The molecule has 1 aromatic carbocycles. The summed E-state index contributed by atoms with van der Waals surface area (Å²) in [5.41, 5.74) is 0. The average Bonchev–Trinajstić information content (AvgIpc) is 3.06. The van der Waals surface area contributed by atoms with E-state index in [4.69, 9.17) is 14.3 Å². The number of unbranched alkanes of at least 4 members (excludes halogenated alkanes) is 1. The molecule has 0 radical (unpaired) electrons. The van der Waals surface area contributed by atoms with Gasteiger partial charge in [0.25, 0.3) is 0 Å². The Balaban J connectivity index is 1.95. The van der Waals surface area contributed by atoms with Crippen LogP contribution in [0.15, 0.2) is 60.7 Å². The molecule has 1 aliphatic rings. The highest BCUT2D eigenvalue weighted by Crippen LogP contribution is 2.30. The first-order valence-electron chi connectivity index (χ1n) is 11.1. The highest BCUT2D eigenvalue weighted by atomic mass is 28.4. The van der Waals surface area contributed by atoms with Crippen LogP contribution in [0.5, 0.6) is 5.75 Å². The maximum absolute atomic E-state index is 13.1. The standard InChI is InChI=1S/C25H35FO5Si/c1-32(2,3)31-22(18-30-21-13-11-20(26)12-14-21)15-16-23-19(10-17-24(23)27)8-6-4-5-7-9-25(28)29/h4,6,10-17,19,22-24,27H,5,7-9,18H2,1-3H3,(H,28,29)/t19-,22?,23+,24+/m0/s1. The second kappa shape index (κ2) is 12.7. The molecule has 1 aliphatic carbocycles. The third-order valence-corrected chi connectivity index (χ3v) is 6.07. The highest BCUT2D eigenvalue weighted by Gasteiger charge is 2.28. The maximum atomic E-state index is 13.1. The molecule has 0 amide bonds. The van der Waals surface area contributed by atoms with Crippen LogP contribution in [0.1, 0.15) is 25.7 Å². The zero-order valence-corrected chi connectivity index (χ0v) is 20.1. The fraction of sp³-hybridized carbons (Fsp3) is 0.480. The van der Waals surface area contributed by atoms with Crippen molar-refractivity contribution in [2.24, 2.45) is 11.8 Å². The summed E-state index contributed by atoms with van der Waals surface area (Å²) in [5, 5.41) is 19.1. The van der Waals surface area contributed by atoms with Crippen LogP contribution in [0, 0.1) is 17.7 Å². The largest absolute Gasteiger partial charge is 0.491 e. The molecule has 0 fully saturated rings. The summed E-state index contributed by atoms with van der Waals surface area (Å²) in [7, 11) is -1.84. The number of benzene rings is 1. The van der Waals surface area contributed by atoms with Gasteiger partial charge < -0.3 is 19.4 Å². The minimum atomic E-state index is -1.84. The summed E-state index contributed by atoms with van der Waals surface area (Å²) in [5.74, 6) is -0.391. The molecule has 0 aliphatic heterocycles. The summed E-state index contributed by atoms with van der Waals surface area (Å²) in [6.45, 7) is 6.62. The summed E-state index contributed by atoms with van der Waals surface area (Å²) < 4.78 is 25.2. The van der Waals surface area contributed by atoms with Crippen molar-refractivity contribution in [3.8, 4) is 5.75 Å². The molecule has 7 heteroatoms. The first-order valence-corrected chi connectivity index (χ1v) is 14.5. The van der Waals surface area contributed by atoms with Crippen LogP contribution in [-0.4, -0.2) is 43.3 Å². The van der Waals surface area contributed by atoms with Crippen LogP contribution in [0.3, 0.4) is 0 Å². The van der Waals surface area contributed by atoms with E-state index in [9.17, 15) is 14.3 Å². The number of carboxylic acid groups (broad SMARTS) is 1. The van der Waals surface area contributed by atoms with E-state index in [-0.39, 0.29) is 30.2 Å². The van der Waals surface area contributed by atoms with Crippen molar-refractivity contribution >= 4 is 14.3 Å². The molecule has 0 aromatic heterocycles. The van der Waals surface area contributed by atoms with E-state index >= 15 is 0 Å². The number of carboxylic acids is 1. The number of aliphatic hydroxyl groups is 1. The van der Waals surface area contributed by atoms with Crippen LogP contribution in [0.2, 0.25) is 19.6 Å². The van der Waals surface area contributed by atoms with Crippen molar-refractivity contribution in [1.82, 2.24) is 0 Å². The minimum Gasteiger partial charge on any atom is -0.491 e. The first kappa shape index (κ1) is 26.0. The van der Waals surface area contributed by atoms with Gasteiger partial charge >= 0.3 is 5.97 Å². The molecule has 4 atom stereocenters. The lowest BCUT2D eigenvalue weighted by Gasteiger charge is -2.25. The number of aliphatic hydroxyl groups excluding tert-OH is 1. The van der Waals surface area contributed by atoms with Crippen molar-refractivity contribution in [3.63, 3.8) is 0 Å². The quantitative estimate of drug-likeness (QED) is 0.235. The minimum absolute atomic E-state index is 0.0581. The first-order chi connectivity index (χ1) is 15.1. The second-order valence-corrected chi connectivity index (χ2v) is 13.5. The lowest BCUT2D eigenvalue weighted by Crippen LogP contribution is -2.34. The fourth-order valence-electron chi connectivity index (χ4n) is 3.55. The Kier molecular flexibility index (Phi) is 10.3. The number of allylic oxidation sites excluding steroid dienone is 3. The molecular weight excluding hydrogens is 427 g/mol. The molecule has 5 nitrogen and oxygen atoms in total. The van der Waals surface area contributed by atoms with Crippen molar-refractivity contribution in [3.05, 3.63) is 66.5 Å². The zero-order valence-electron chi connectivity index (χ0n) is 19.1. The van der Waals surface area contributed by atoms with Crippen LogP contribution in [0.4, 0.5) is 4.39 Å². The van der Waals surface area contributed by atoms with Gasteiger partial charge in [0.1, 0.15) is 18.2 Å². The predicted octanol–water partition coefficient (Wildman–Crippen LogP) is 5.35. The van der Waals surface area contributed by atoms with Gasteiger partial charge in [-0.15, -0.1) is 0 Å². The van der Waals surface area contributed by atoms with Gasteiger partial charge in [-0.2, -0.15) is 0 Å². The number of carbonyl (C=O) groups is 1. The van der Waals surface area contributed by atoms with Crippen LogP contribution in [0.25, 0.3) is 0 Å². The monoisotopic (exact) mass is 462 g/mol. The SMILES string of the molecule is C[Si](C)(C)OC(C=C[C@H]1[C@H](O)C=C[C@@H]1CC=CCCCC(=O)O)COc1ccc(F)cc1. The van der Waals surface area contributed by atoms with Gasteiger partial charge in [-0.05, 0) is 69.1 Å². The van der Waals surface area contributed by atoms with E-state index in [1.54, 1.807) is 12.1 Å². The van der Waals surface area contributed by atoms with Gasteiger partial charge in [-0.3, -0.25) is 4.79 Å². The van der Waals surface area contributed by atoms with E-state index in [0.717, 1.165) is 12.8 Å². The smallest absolute Gasteiger partial charge is 0.303 e. The van der Waals surface area contributed by atoms with Crippen molar-refractivity contribution < 1.29 is 28.6 Å². The summed E-state index contributed by atoms with van der Waals surface area (Å²) in [6.07, 6.45) is 13.4. The summed E-state index contributed by atoms with van der Waals surface area (Å²) >= 11 is 0. The molecule has 0 saturated carbocycles. The van der Waals surface area contributed by atoms with Crippen molar-refractivity contribution in [1.29, 1.82) is 0 Å². The Morgan fingerprint density at radius 2 is 1.91 bits per heavy atom. The van der Waals surface area contributed by atoms with Crippen molar-refractivity contribution in [2.45, 2.75) is 57.5 Å². The molecule has 1 unspecified atom stereocenters. The van der Waals surface area contributed by atoms with E-state index in [1.807, 2.05) is 30.4 Å². The molecule has 0 spiro atoms. The van der Waals surface area contributed by atoms with Crippen LogP contribution >= 0.6 is 0 Å². The molecule has 0 bridgehead atoms. The Bertz CT molecular complexity index is 798. The number of hydrogen-bond donors (Lipinski definition) is 2. The third-order valence-electron chi connectivity index (χ3n) is 5.06. The lowest BCUT2D eigenvalue weighted by molar-refractivity contribution is -0.137. The van der Waals surface area contributed by atoms with E-state index in [1.165, 1.54) is 12.1 Å². The van der Waals surface area contributed by atoms with Gasteiger partial charge in [0.05, 0.1) is 12.2 Å². The van der Waals surface area contributed by atoms with Gasteiger partial charge in [-0.1, -0.05) is 36.5 Å². The van der Waals surface area contributed by atoms with Gasteiger partial charge in [-0.25, -0.2) is 4.39 Å². The summed E-state index contributed by atoms with van der Waals surface area (Å²) in [6, 6.07) is 5.90. The zero-order chi connectivity index (χ0) is 23.6. The maximum Gasteiger partial charge on any atom is 0.303 e. The molecule has 0 saturated heterocycles. The Labute approximate surface area is 191 Å². The number of halogens is 1. The lowest BCUT2D eigenvalue weighted by atomic mass is 9.90. The topological polar surface area (TPSA) is 76.0 Å². The molecular formula is C25H35FO5Si. The Hall–Kier alpha value is -2.22. The average molecular weight is 463 g/mol. The molecule has 2 N–H and O–H groups in total. The van der Waals surface area contributed by atoms with Gasteiger partial charge in [0.15, 0.2) is 8.32 Å². The molecule has 2 rings (SSSR count). The molecule has 1 aromatic rings. The van der Waals surface area contributed by atoms with E-state index < -0.39 is 20.4 Å². The number of hydrogen-bond acceptors (Lipinski definition) is 4. The van der Waals surface area contributed by atoms with Crippen LogP contribution in [-0.2, 0) is 9.22 Å². The third kappa shape index (κ3) is 9.93. The second-order valence-electron chi connectivity index (χ2n) is 9.03. The van der Waals surface area contributed by atoms with E-state index in [2.05, 4.69) is 25.7 Å². The Morgan fingerprint density at radius 1 is 1.19 bits per heavy atom. The van der Waals surface area contributed by atoms with E-state index in [0.29, 0.717) is 18.8 Å².